The molecule has 0 spiro atoms. The summed E-state index contributed by atoms with van der Waals surface area (Å²) in [7, 11) is 0. The summed E-state index contributed by atoms with van der Waals surface area (Å²) in [6.45, 7) is 0.960. The summed E-state index contributed by atoms with van der Waals surface area (Å²) in [6, 6.07) is 19.3. The van der Waals surface area contributed by atoms with E-state index in [9.17, 15) is 13.6 Å². The fourth-order valence-electron chi connectivity index (χ4n) is 3.89. The summed E-state index contributed by atoms with van der Waals surface area (Å²) in [6.07, 6.45) is 1.65. The molecule has 1 amide bonds. The fourth-order valence-corrected chi connectivity index (χ4v) is 4.91. The summed E-state index contributed by atoms with van der Waals surface area (Å²) >= 11 is 1.10. The molecule has 0 bridgehead atoms. The van der Waals surface area contributed by atoms with Gasteiger partial charge in [-0.25, -0.2) is 13.8 Å². The van der Waals surface area contributed by atoms with Crippen LogP contribution >= 0.6 is 11.3 Å². The molecule has 4 nitrogen and oxygen atoms in total. The molecule has 3 aromatic carbocycles. The number of fused-ring (bicyclic) bond motifs is 1. The summed E-state index contributed by atoms with van der Waals surface area (Å²) in [5, 5.41) is 0.331. The van der Waals surface area contributed by atoms with Gasteiger partial charge >= 0.3 is 0 Å². The van der Waals surface area contributed by atoms with Crippen molar-refractivity contribution in [3.63, 3.8) is 0 Å². The number of carbonyl (C=O) groups excluding carboxylic acids is 1. The summed E-state index contributed by atoms with van der Waals surface area (Å²) in [5.74, 6) is -1.65. The van der Waals surface area contributed by atoms with Crippen LogP contribution in [0.2, 0.25) is 0 Å². The molecule has 7 heteroatoms. The van der Waals surface area contributed by atoms with Gasteiger partial charge < -0.3 is 4.74 Å². The topological polar surface area (TPSA) is 42.4 Å². The highest BCUT2D eigenvalue weighted by atomic mass is 32.1. The number of thiazole rings is 1. The molecular formula is C25H20F2N2O2S. The van der Waals surface area contributed by atoms with Crippen LogP contribution in [0.25, 0.3) is 21.3 Å². The Morgan fingerprint density at radius 3 is 2.53 bits per heavy atom. The first-order chi connectivity index (χ1) is 15.6. The van der Waals surface area contributed by atoms with Gasteiger partial charge in [0.1, 0.15) is 11.3 Å². The largest absolute Gasteiger partial charge is 0.376 e. The van der Waals surface area contributed by atoms with E-state index in [1.807, 2.05) is 42.5 Å². The van der Waals surface area contributed by atoms with E-state index in [2.05, 4.69) is 4.98 Å². The van der Waals surface area contributed by atoms with E-state index in [4.69, 9.17) is 4.74 Å². The van der Waals surface area contributed by atoms with Crippen molar-refractivity contribution in [2.24, 2.45) is 0 Å². The van der Waals surface area contributed by atoms with Crippen LogP contribution in [0.1, 0.15) is 23.2 Å². The molecule has 1 aliphatic rings. The summed E-state index contributed by atoms with van der Waals surface area (Å²) < 4.78 is 34.0. The molecule has 1 fully saturated rings. The zero-order valence-electron chi connectivity index (χ0n) is 17.1. The van der Waals surface area contributed by atoms with Gasteiger partial charge in [-0.2, -0.15) is 0 Å². The number of nitrogens with zero attached hydrogens (tertiary/aromatic N) is 2. The van der Waals surface area contributed by atoms with E-state index in [1.165, 1.54) is 11.0 Å². The Kier molecular flexibility index (Phi) is 5.68. The van der Waals surface area contributed by atoms with Crippen molar-refractivity contribution < 1.29 is 18.3 Å². The summed E-state index contributed by atoms with van der Waals surface area (Å²) in [4.78, 5) is 19.3. The lowest BCUT2D eigenvalue weighted by atomic mass is 10.0. The van der Waals surface area contributed by atoms with E-state index >= 15 is 0 Å². The number of ether oxygens (including phenoxy) is 1. The Bertz CT molecular complexity index is 1250. The van der Waals surface area contributed by atoms with Crippen molar-refractivity contribution in [2.75, 3.05) is 18.1 Å². The van der Waals surface area contributed by atoms with Gasteiger partial charge in [-0.3, -0.25) is 9.69 Å². The Morgan fingerprint density at radius 1 is 1.06 bits per heavy atom. The molecule has 1 atom stereocenters. The van der Waals surface area contributed by atoms with E-state index in [-0.39, 0.29) is 17.5 Å². The number of hydrogen-bond donors (Lipinski definition) is 0. The smallest absolute Gasteiger partial charge is 0.260 e. The third kappa shape index (κ3) is 4.13. The average Bonchev–Trinajstić information content (AvgIpc) is 3.48. The highest BCUT2D eigenvalue weighted by molar-refractivity contribution is 7.22. The lowest BCUT2D eigenvalue weighted by Gasteiger charge is -2.23. The van der Waals surface area contributed by atoms with Gasteiger partial charge in [-0.1, -0.05) is 53.8 Å². The molecule has 0 N–H and O–H groups in total. The van der Waals surface area contributed by atoms with E-state index in [0.717, 1.165) is 41.4 Å². The van der Waals surface area contributed by atoms with Crippen molar-refractivity contribution in [3.05, 3.63) is 83.9 Å². The van der Waals surface area contributed by atoms with Crippen LogP contribution in [0.3, 0.4) is 0 Å². The highest BCUT2D eigenvalue weighted by Crippen LogP contribution is 2.33. The van der Waals surface area contributed by atoms with Crippen LogP contribution in [0, 0.1) is 11.6 Å². The van der Waals surface area contributed by atoms with Crippen LogP contribution in [0.5, 0.6) is 0 Å². The second-order valence-corrected chi connectivity index (χ2v) is 8.73. The maximum atomic E-state index is 14.2. The number of hydrogen-bond acceptors (Lipinski definition) is 4. The first-order valence-electron chi connectivity index (χ1n) is 10.4. The first kappa shape index (κ1) is 20.7. The third-order valence-corrected chi connectivity index (χ3v) is 6.55. The number of halogens is 2. The number of aromatic nitrogens is 1. The van der Waals surface area contributed by atoms with Gasteiger partial charge in [0.2, 0.25) is 0 Å². The van der Waals surface area contributed by atoms with E-state index in [1.54, 1.807) is 12.1 Å². The minimum absolute atomic E-state index is 0.0657. The normalized spacial score (nSPS) is 15.9. The lowest BCUT2D eigenvalue weighted by Crippen LogP contribution is -2.37. The molecule has 0 radical (unpaired) electrons. The standard InChI is InChI=1S/C25H20F2N2O2S/c26-19-13-21(27)23-22(14-19)32-25(28-23)29(15-20-7-4-12-31-20)24(30)18-10-8-17(9-11-18)16-5-2-1-3-6-16/h1-3,5-6,8-11,13-14,20H,4,7,12,15H2. The Morgan fingerprint density at radius 2 is 1.81 bits per heavy atom. The second-order valence-electron chi connectivity index (χ2n) is 7.72. The highest BCUT2D eigenvalue weighted by Gasteiger charge is 2.27. The fraction of sp³-hybridized carbons (Fsp3) is 0.200. The van der Waals surface area contributed by atoms with Crippen molar-refractivity contribution in [1.82, 2.24) is 4.98 Å². The van der Waals surface area contributed by atoms with Crippen LogP contribution in [-0.2, 0) is 4.74 Å². The molecule has 1 saturated heterocycles. The minimum Gasteiger partial charge on any atom is -0.376 e. The Balaban J connectivity index is 1.49. The molecule has 2 heterocycles. The number of benzene rings is 3. The van der Waals surface area contributed by atoms with Gasteiger partial charge in [0.25, 0.3) is 5.91 Å². The Hall–Kier alpha value is -3.16. The van der Waals surface area contributed by atoms with Gasteiger partial charge in [0, 0.05) is 18.2 Å². The van der Waals surface area contributed by atoms with Gasteiger partial charge in [-0.05, 0) is 42.2 Å². The second kappa shape index (κ2) is 8.76. The molecule has 0 saturated carbocycles. The zero-order valence-corrected chi connectivity index (χ0v) is 17.9. The predicted molar refractivity (Wildman–Crippen MR) is 122 cm³/mol. The molecule has 1 aromatic heterocycles. The average molecular weight is 451 g/mol. The number of amides is 1. The lowest BCUT2D eigenvalue weighted by molar-refractivity contribution is 0.0917. The van der Waals surface area contributed by atoms with E-state index in [0.29, 0.717) is 28.5 Å². The molecule has 32 heavy (non-hydrogen) atoms. The maximum absolute atomic E-state index is 14.2. The number of anilines is 1. The van der Waals surface area contributed by atoms with Gasteiger partial charge in [0.05, 0.1) is 17.3 Å². The quantitative estimate of drug-likeness (QED) is 0.371. The Labute approximate surface area is 188 Å². The van der Waals surface area contributed by atoms with Crippen molar-refractivity contribution in [3.8, 4) is 11.1 Å². The zero-order chi connectivity index (χ0) is 22.1. The molecule has 162 valence electrons. The van der Waals surface area contributed by atoms with E-state index < -0.39 is 11.6 Å². The molecule has 1 unspecified atom stereocenters. The van der Waals surface area contributed by atoms with Crippen molar-refractivity contribution >= 4 is 32.6 Å². The number of carbonyl (C=O) groups is 1. The van der Waals surface area contributed by atoms with Crippen LogP contribution in [0.15, 0.2) is 66.7 Å². The molecule has 0 aliphatic carbocycles. The monoisotopic (exact) mass is 450 g/mol. The van der Waals surface area contributed by atoms with Crippen molar-refractivity contribution in [2.45, 2.75) is 18.9 Å². The number of rotatable bonds is 5. The first-order valence-corrected chi connectivity index (χ1v) is 11.2. The molecule has 4 aromatic rings. The van der Waals surface area contributed by atoms with Crippen molar-refractivity contribution in [1.29, 1.82) is 0 Å². The maximum Gasteiger partial charge on any atom is 0.260 e. The molecule has 5 rings (SSSR count). The van der Waals surface area contributed by atoms with Crippen LogP contribution in [-0.4, -0.2) is 30.1 Å². The predicted octanol–water partition coefficient (Wildman–Crippen LogP) is 6.07. The SMILES string of the molecule is O=C(c1ccc(-c2ccccc2)cc1)N(CC1CCCO1)c1nc2c(F)cc(F)cc2s1. The summed E-state index contributed by atoms with van der Waals surface area (Å²) in [5.41, 5.74) is 2.63. The van der Waals surface area contributed by atoms with Crippen LogP contribution < -0.4 is 4.90 Å². The third-order valence-electron chi connectivity index (χ3n) is 5.53. The molecular weight excluding hydrogens is 430 g/mol. The van der Waals surface area contributed by atoms with Gasteiger partial charge in [-0.15, -0.1) is 0 Å². The van der Waals surface area contributed by atoms with Crippen LogP contribution in [0.4, 0.5) is 13.9 Å². The molecule has 1 aliphatic heterocycles. The minimum atomic E-state index is -0.737. The van der Waals surface area contributed by atoms with Gasteiger partial charge in [0.15, 0.2) is 10.9 Å².